The molecule has 1 saturated heterocycles. The molecule has 3 aromatic carbocycles. The van der Waals surface area contributed by atoms with Crippen LogP contribution in [-0.4, -0.2) is 28.8 Å². The number of halogens is 1. The highest BCUT2D eigenvalue weighted by molar-refractivity contribution is 6.46. The summed E-state index contributed by atoms with van der Waals surface area (Å²) in [7, 11) is 1.57. The zero-order valence-corrected chi connectivity index (χ0v) is 20.2. The fourth-order valence-electron chi connectivity index (χ4n) is 5.09. The number of fused-ring (bicyclic) bond motifs is 1. The normalized spacial score (nSPS) is 19.0. The van der Waals surface area contributed by atoms with Crippen LogP contribution < -0.4 is 4.74 Å². The zero-order chi connectivity index (χ0) is 24.5. The van der Waals surface area contributed by atoms with E-state index >= 15 is 0 Å². The van der Waals surface area contributed by atoms with Gasteiger partial charge in [-0.05, 0) is 66.6 Å². The maximum Gasteiger partial charge on any atom is 0.295 e. The summed E-state index contributed by atoms with van der Waals surface area (Å²) in [5, 5.41) is 12.0. The SMILES string of the molecule is COc1ccccc1CN1C(=O)C(=O)/C(=C(\O)c2ccc3c(c2)CCCC3)C1c1ccc(Cl)cc1. The van der Waals surface area contributed by atoms with Crippen molar-refractivity contribution < 1.29 is 19.4 Å². The third-order valence-electron chi connectivity index (χ3n) is 6.88. The number of aliphatic hydroxyl groups is 1. The molecule has 5 nitrogen and oxygen atoms in total. The second-order valence-electron chi connectivity index (χ2n) is 8.98. The highest BCUT2D eigenvalue weighted by Crippen LogP contribution is 2.41. The lowest BCUT2D eigenvalue weighted by molar-refractivity contribution is -0.140. The molecule has 2 aliphatic rings. The third kappa shape index (κ3) is 4.32. The summed E-state index contributed by atoms with van der Waals surface area (Å²) >= 11 is 6.12. The maximum absolute atomic E-state index is 13.3. The molecule has 1 aliphatic carbocycles. The number of benzene rings is 3. The van der Waals surface area contributed by atoms with Crippen LogP contribution in [0.2, 0.25) is 5.02 Å². The first-order chi connectivity index (χ1) is 17.0. The molecule has 35 heavy (non-hydrogen) atoms. The molecular weight excluding hydrogens is 462 g/mol. The molecule has 0 saturated carbocycles. The summed E-state index contributed by atoms with van der Waals surface area (Å²) in [6.07, 6.45) is 4.22. The fraction of sp³-hybridized carbons (Fsp3) is 0.241. The zero-order valence-electron chi connectivity index (χ0n) is 19.5. The highest BCUT2D eigenvalue weighted by Gasteiger charge is 2.46. The molecule has 6 heteroatoms. The average Bonchev–Trinajstić information content (AvgIpc) is 3.13. The molecule has 5 rings (SSSR count). The molecule has 0 bridgehead atoms. The molecule has 1 amide bonds. The molecule has 1 fully saturated rings. The number of hydrogen-bond donors (Lipinski definition) is 1. The van der Waals surface area contributed by atoms with Crippen LogP contribution in [0.1, 0.15) is 46.7 Å². The van der Waals surface area contributed by atoms with Gasteiger partial charge in [-0.3, -0.25) is 9.59 Å². The number of hydrogen-bond acceptors (Lipinski definition) is 4. The first-order valence-electron chi connectivity index (χ1n) is 11.8. The topological polar surface area (TPSA) is 66.8 Å². The van der Waals surface area contributed by atoms with Crippen LogP contribution in [0, 0.1) is 0 Å². The molecule has 1 N–H and O–H groups in total. The number of methoxy groups -OCH3 is 1. The van der Waals surface area contributed by atoms with Crippen molar-refractivity contribution in [3.63, 3.8) is 0 Å². The molecule has 1 heterocycles. The Morgan fingerprint density at radius 1 is 1.00 bits per heavy atom. The number of ether oxygens (including phenoxy) is 1. The molecule has 1 unspecified atom stereocenters. The van der Waals surface area contributed by atoms with Gasteiger partial charge in [0.15, 0.2) is 0 Å². The molecule has 1 aliphatic heterocycles. The fourth-order valence-corrected chi connectivity index (χ4v) is 5.21. The molecular formula is C29H26ClNO4. The summed E-state index contributed by atoms with van der Waals surface area (Å²) in [6.45, 7) is 0.156. The quantitative estimate of drug-likeness (QED) is 0.278. The van der Waals surface area contributed by atoms with Gasteiger partial charge >= 0.3 is 0 Å². The minimum Gasteiger partial charge on any atom is -0.507 e. The summed E-state index contributed by atoms with van der Waals surface area (Å²) in [5.41, 5.74) is 4.57. The van der Waals surface area contributed by atoms with Crippen LogP contribution in [0.5, 0.6) is 5.75 Å². The van der Waals surface area contributed by atoms with Gasteiger partial charge in [0.1, 0.15) is 11.5 Å². The predicted octanol–water partition coefficient (Wildman–Crippen LogP) is 5.85. The van der Waals surface area contributed by atoms with Crippen molar-refractivity contribution in [3.05, 3.63) is 105 Å². The first kappa shape index (κ1) is 23.2. The van der Waals surface area contributed by atoms with E-state index in [0.717, 1.165) is 31.2 Å². The number of ketones is 1. The van der Waals surface area contributed by atoms with Crippen LogP contribution in [0.25, 0.3) is 5.76 Å². The van der Waals surface area contributed by atoms with Crippen molar-refractivity contribution in [2.24, 2.45) is 0 Å². The summed E-state index contributed by atoms with van der Waals surface area (Å²) in [4.78, 5) is 28.1. The van der Waals surface area contributed by atoms with E-state index in [1.54, 1.807) is 31.4 Å². The Labute approximate surface area is 209 Å². The Kier molecular flexibility index (Phi) is 6.35. The number of aryl methyl sites for hydroxylation is 2. The number of aliphatic hydroxyl groups excluding tert-OH is 1. The van der Waals surface area contributed by atoms with Gasteiger partial charge in [0.2, 0.25) is 0 Å². The Morgan fingerprint density at radius 3 is 2.46 bits per heavy atom. The third-order valence-corrected chi connectivity index (χ3v) is 7.13. The molecule has 0 aromatic heterocycles. The van der Waals surface area contributed by atoms with Crippen LogP contribution >= 0.6 is 11.6 Å². The number of carbonyl (C=O) groups is 2. The molecule has 178 valence electrons. The van der Waals surface area contributed by atoms with Gasteiger partial charge in [-0.2, -0.15) is 0 Å². The minimum absolute atomic E-state index is 0.0861. The van der Waals surface area contributed by atoms with E-state index in [-0.39, 0.29) is 17.9 Å². The lowest BCUT2D eigenvalue weighted by Crippen LogP contribution is -2.29. The molecule has 1 atom stereocenters. The van der Waals surface area contributed by atoms with E-state index in [0.29, 0.717) is 21.9 Å². The highest BCUT2D eigenvalue weighted by atomic mass is 35.5. The van der Waals surface area contributed by atoms with Crippen LogP contribution in [0.3, 0.4) is 0 Å². The number of para-hydroxylation sites is 1. The van der Waals surface area contributed by atoms with Crippen molar-refractivity contribution in [2.45, 2.75) is 38.3 Å². The summed E-state index contributed by atoms with van der Waals surface area (Å²) < 4.78 is 5.47. The van der Waals surface area contributed by atoms with Crippen molar-refractivity contribution in [1.29, 1.82) is 0 Å². The van der Waals surface area contributed by atoms with Crippen LogP contribution in [0.4, 0.5) is 0 Å². The van der Waals surface area contributed by atoms with Crippen LogP contribution in [-0.2, 0) is 29.0 Å². The first-order valence-corrected chi connectivity index (χ1v) is 12.1. The molecule has 0 spiro atoms. The van der Waals surface area contributed by atoms with E-state index in [4.69, 9.17) is 16.3 Å². The number of rotatable bonds is 5. The Morgan fingerprint density at radius 2 is 1.71 bits per heavy atom. The smallest absolute Gasteiger partial charge is 0.295 e. The van der Waals surface area contributed by atoms with E-state index in [9.17, 15) is 14.7 Å². The van der Waals surface area contributed by atoms with Crippen molar-refractivity contribution >= 4 is 29.1 Å². The van der Waals surface area contributed by atoms with Crippen molar-refractivity contribution in [2.75, 3.05) is 7.11 Å². The van der Waals surface area contributed by atoms with Gasteiger partial charge in [-0.1, -0.05) is 54.1 Å². The van der Waals surface area contributed by atoms with E-state index in [2.05, 4.69) is 0 Å². The Bertz CT molecular complexity index is 1330. The van der Waals surface area contributed by atoms with Gasteiger partial charge in [-0.15, -0.1) is 0 Å². The van der Waals surface area contributed by atoms with E-state index in [1.807, 2.05) is 42.5 Å². The number of likely N-dealkylation sites (tertiary alicyclic amines) is 1. The van der Waals surface area contributed by atoms with Gasteiger partial charge in [0.25, 0.3) is 11.7 Å². The van der Waals surface area contributed by atoms with Gasteiger partial charge in [0.05, 0.1) is 25.3 Å². The minimum atomic E-state index is -0.756. The number of Topliss-reactive ketones (excluding diaryl/α,β-unsaturated/α-hetero) is 1. The lowest BCUT2D eigenvalue weighted by Gasteiger charge is -2.26. The number of nitrogens with zero attached hydrogens (tertiary/aromatic N) is 1. The predicted molar refractivity (Wildman–Crippen MR) is 135 cm³/mol. The Balaban J connectivity index is 1.63. The lowest BCUT2D eigenvalue weighted by atomic mass is 9.88. The van der Waals surface area contributed by atoms with Crippen molar-refractivity contribution in [3.8, 4) is 5.75 Å². The molecule has 3 aromatic rings. The van der Waals surface area contributed by atoms with Crippen molar-refractivity contribution in [1.82, 2.24) is 4.90 Å². The summed E-state index contributed by atoms with van der Waals surface area (Å²) in [5.74, 6) is -0.886. The Hall–Kier alpha value is -3.57. The van der Waals surface area contributed by atoms with E-state index < -0.39 is 17.7 Å². The second kappa shape index (κ2) is 9.59. The number of carbonyl (C=O) groups excluding carboxylic acids is 2. The van der Waals surface area contributed by atoms with Crippen LogP contribution in [0.15, 0.2) is 72.3 Å². The van der Waals surface area contributed by atoms with Gasteiger partial charge in [0, 0.05) is 16.1 Å². The largest absolute Gasteiger partial charge is 0.507 e. The second-order valence-corrected chi connectivity index (χ2v) is 9.42. The van der Waals surface area contributed by atoms with E-state index in [1.165, 1.54) is 16.0 Å². The van der Waals surface area contributed by atoms with Gasteiger partial charge < -0.3 is 14.7 Å². The average molecular weight is 488 g/mol. The standard InChI is InChI=1S/C29H26ClNO4/c1-35-24-9-5-4-8-22(24)17-31-26(19-12-14-23(30)15-13-19)25(28(33)29(31)34)27(32)21-11-10-18-6-2-3-7-20(18)16-21/h4-5,8-16,26,32H,2-3,6-7,17H2,1H3/b27-25-. The van der Waals surface area contributed by atoms with Gasteiger partial charge in [-0.25, -0.2) is 0 Å². The monoisotopic (exact) mass is 487 g/mol. The molecule has 0 radical (unpaired) electrons. The maximum atomic E-state index is 13.3. The number of amides is 1. The summed E-state index contributed by atoms with van der Waals surface area (Å²) in [6, 6.07) is 19.5.